The molecule has 1 aromatic heterocycles. The zero-order chi connectivity index (χ0) is 19.9. The molecule has 0 spiro atoms. The van der Waals surface area contributed by atoms with E-state index in [-0.39, 0.29) is 11.9 Å². The number of nitrogens with zero attached hydrogens (tertiary/aromatic N) is 3. The first-order valence-electron chi connectivity index (χ1n) is 8.28. The van der Waals surface area contributed by atoms with Crippen LogP contribution < -0.4 is 15.5 Å². The molecule has 0 unspecified atom stereocenters. The van der Waals surface area contributed by atoms with Crippen molar-refractivity contribution >= 4 is 34.7 Å². The van der Waals surface area contributed by atoms with Gasteiger partial charge in [0.2, 0.25) is 5.95 Å². The van der Waals surface area contributed by atoms with E-state index in [1.165, 1.54) is 18.3 Å². The standard InChI is InChI=1S/C19H14F3N5O/c1-27-15-5-3-2-4-13(15)17(28)25-14-10-23-18(26-16(14)27)24-12-8-6-11(7-9-12)19(20,21)22/h2-10H,1H3,(H,25,28)(H,23,24,26). The molecule has 0 saturated heterocycles. The van der Waals surface area contributed by atoms with Gasteiger partial charge in [0, 0.05) is 12.7 Å². The lowest BCUT2D eigenvalue weighted by Gasteiger charge is -2.19. The first kappa shape index (κ1) is 17.8. The van der Waals surface area contributed by atoms with Gasteiger partial charge in [0.25, 0.3) is 5.91 Å². The molecule has 0 fully saturated rings. The second-order valence-corrected chi connectivity index (χ2v) is 6.16. The van der Waals surface area contributed by atoms with Crippen molar-refractivity contribution < 1.29 is 18.0 Å². The van der Waals surface area contributed by atoms with Crippen LogP contribution in [0.5, 0.6) is 0 Å². The number of alkyl halides is 3. The molecule has 0 aliphatic carbocycles. The van der Waals surface area contributed by atoms with E-state index in [1.54, 1.807) is 30.1 Å². The molecule has 0 atom stereocenters. The van der Waals surface area contributed by atoms with E-state index in [0.717, 1.165) is 12.1 Å². The summed E-state index contributed by atoms with van der Waals surface area (Å²) in [6.07, 6.45) is -2.94. The van der Waals surface area contributed by atoms with Crippen LogP contribution in [-0.4, -0.2) is 22.9 Å². The average Bonchev–Trinajstić information content (AvgIpc) is 2.77. The maximum atomic E-state index is 12.7. The molecule has 6 nitrogen and oxygen atoms in total. The second kappa shape index (κ2) is 6.52. The van der Waals surface area contributed by atoms with E-state index in [1.807, 2.05) is 6.07 Å². The van der Waals surface area contributed by atoms with Gasteiger partial charge in [-0.05, 0) is 36.4 Å². The Morgan fingerprint density at radius 3 is 2.50 bits per heavy atom. The Morgan fingerprint density at radius 1 is 1.07 bits per heavy atom. The van der Waals surface area contributed by atoms with E-state index in [2.05, 4.69) is 20.6 Å². The Labute approximate surface area is 158 Å². The minimum atomic E-state index is -4.40. The molecule has 9 heteroatoms. The molecule has 2 heterocycles. The number of rotatable bonds is 2. The molecule has 28 heavy (non-hydrogen) atoms. The normalized spacial score (nSPS) is 13.3. The smallest absolute Gasteiger partial charge is 0.327 e. The fraction of sp³-hybridized carbons (Fsp3) is 0.105. The van der Waals surface area contributed by atoms with Gasteiger partial charge >= 0.3 is 6.18 Å². The van der Waals surface area contributed by atoms with Crippen molar-refractivity contribution in [3.8, 4) is 0 Å². The van der Waals surface area contributed by atoms with Crippen molar-refractivity contribution in [1.82, 2.24) is 9.97 Å². The highest BCUT2D eigenvalue weighted by molar-refractivity contribution is 6.11. The van der Waals surface area contributed by atoms with Crippen LogP contribution in [0.2, 0.25) is 0 Å². The number of hydrogen-bond acceptors (Lipinski definition) is 5. The van der Waals surface area contributed by atoms with Gasteiger partial charge in [0.15, 0.2) is 5.82 Å². The van der Waals surface area contributed by atoms with Crippen LogP contribution in [0.1, 0.15) is 15.9 Å². The number of aromatic nitrogens is 2. The largest absolute Gasteiger partial charge is 0.416 e. The number of hydrogen-bond donors (Lipinski definition) is 2. The van der Waals surface area contributed by atoms with Crippen LogP contribution in [0.3, 0.4) is 0 Å². The Kier molecular flexibility index (Phi) is 4.14. The van der Waals surface area contributed by atoms with Crippen LogP contribution in [-0.2, 0) is 6.18 Å². The average molecular weight is 385 g/mol. The van der Waals surface area contributed by atoms with Crippen LogP contribution in [0.15, 0.2) is 54.7 Å². The molecular formula is C19H14F3N5O. The minimum Gasteiger partial charge on any atom is -0.327 e. The van der Waals surface area contributed by atoms with E-state index in [0.29, 0.717) is 28.4 Å². The molecule has 3 aromatic rings. The summed E-state index contributed by atoms with van der Waals surface area (Å²) in [5, 5.41) is 5.65. The first-order valence-corrected chi connectivity index (χ1v) is 8.28. The molecule has 2 aromatic carbocycles. The molecule has 2 N–H and O–H groups in total. The third kappa shape index (κ3) is 3.22. The van der Waals surface area contributed by atoms with Crippen molar-refractivity contribution in [3.63, 3.8) is 0 Å². The number of amides is 1. The summed E-state index contributed by atoms with van der Waals surface area (Å²) < 4.78 is 38.1. The summed E-state index contributed by atoms with van der Waals surface area (Å²) >= 11 is 0. The van der Waals surface area contributed by atoms with Crippen molar-refractivity contribution in [3.05, 3.63) is 65.9 Å². The molecule has 1 aliphatic heterocycles. The van der Waals surface area contributed by atoms with Gasteiger partial charge in [-0.1, -0.05) is 12.1 Å². The van der Waals surface area contributed by atoms with E-state index in [9.17, 15) is 18.0 Å². The quantitative estimate of drug-likeness (QED) is 0.676. The highest BCUT2D eigenvalue weighted by Crippen LogP contribution is 2.35. The molecule has 142 valence electrons. The number of benzene rings is 2. The highest BCUT2D eigenvalue weighted by Gasteiger charge is 2.30. The van der Waals surface area contributed by atoms with Gasteiger partial charge in [0.05, 0.1) is 23.0 Å². The van der Waals surface area contributed by atoms with Crippen LogP contribution in [0.4, 0.5) is 42.0 Å². The fourth-order valence-corrected chi connectivity index (χ4v) is 2.91. The molecule has 0 saturated carbocycles. The zero-order valence-corrected chi connectivity index (χ0v) is 14.6. The fourth-order valence-electron chi connectivity index (χ4n) is 2.91. The summed E-state index contributed by atoms with van der Waals surface area (Å²) in [7, 11) is 1.77. The van der Waals surface area contributed by atoms with Gasteiger partial charge in [-0.25, -0.2) is 4.98 Å². The summed E-state index contributed by atoms with van der Waals surface area (Å²) in [6, 6.07) is 11.7. The van der Waals surface area contributed by atoms with E-state index >= 15 is 0 Å². The number of anilines is 5. The monoisotopic (exact) mass is 385 g/mol. The van der Waals surface area contributed by atoms with Gasteiger partial charge in [-0.2, -0.15) is 18.2 Å². The zero-order valence-electron chi connectivity index (χ0n) is 14.6. The molecular weight excluding hydrogens is 371 g/mol. The molecule has 1 amide bonds. The Balaban J connectivity index is 1.66. The summed E-state index contributed by atoms with van der Waals surface area (Å²) in [4.78, 5) is 22.7. The lowest BCUT2D eigenvalue weighted by atomic mass is 10.1. The van der Waals surface area contributed by atoms with E-state index < -0.39 is 11.7 Å². The SMILES string of the molecule is CN1c2ccccc2C(=O)Nc2cnc(Nc3ccc(C(F)(F)F)cc3)nc21. The third-order valence-corrected chi connectivity index (χ3v) is 4.31. The van der Waals surface area contributed by atoms with Crippen LogP contribution in [0.25, 0.3) is 0 Å². The topological polar surface area (TPSA) is 70.2 Å². The maximum absolute atomic E-state index is 12.7. The molecule has 0 bridgehead atoms. The second-order valence-electron chi connectivity index (χ2n) is 6.16. The van der Waals surface area contributed by atoms with Gasteiger partial charge in [-0.3, -0.25) is 4.79 Å². The van der Waals surface area contributed by atoms with Crippen molar-refractivity contribution in [2.24, 2.45) is 0 Å². The Bertz CT molecular complexity index is 1050. The first-order chi connectivity index (χ1) is 13.3. The third-order valence-electron chi connectivity index (χ3n) is 4.31. The Hall–Kier alpha value is -3.62. The minimum absolute atomic E-state index is 0.194. The van der Waals surface area contributed by atoms with Gasteiger partial charge in [0.1, 0.15) is 5.69 Å². The number of carbonyl (C=O) groups is 1. The number of fused-ring (bicyclic) bond motifs is 2. The van der Waals surface area contributed by atoms with Gasteiger partial charge in [-0.15, -0.1) is 0 Å². The van der Waals surface area contributed by atoms with E-state index in [4.69, 9.17) is 0 Å². The number of para-hydroxylation sites is 1. The molecule has 1 aliphatic rings. The molecule has 4 rings (SSSR count). The lowest BCUT2D eigenvalue weighted by molar-refractivity contribution is -0.137. The van der Waals surface area contributed by atoms with Crippen LogP contribution >= 0.6 is 0 Å². The highest BCUT2D eigenvalue weighted by atomic mass is 19.4. The predicted octanol–water partition coefficient (Wildman–Crippen LogP) is 4.57. The predicted molar refractivity (Wildman–Crippen MR) is 99.2 cm³/mol. The lowest BCUT2D eigenvalue weighted by Crippen LogP contribution is -2.13. The van der Waals surface area contributed by atoms with Crippen LogP contribution in [0, 0.1) is 0 Å². The van der Waals surface area contributed by atoms with Crippen molar-refractivity contribution in [1.29, 1.82) is 0 Å². The van der Waals surface area contributed by atoms with Crippen molar-refractivity contribution in [2.75, 3.05) is 22.6 Å². The summed E-state index contributed by atoms with van der Waals surface area (Å²) in [5.41, 5.74) is 1.29. The van der Waals surface area contributed by atoms with Gasteiger partial charge < -0.3 is 15.5 Å². The van der Waals surface area contributed by atoms with Crippen molar-refractivity contribution in [2.45, 2.75) is 6.18 Å². The Morgan fingerprint density at radius 2 is 1.79 bits per heavy atom. The molecule has 0 radical (unpaired) electrons. The summed E-state index contributed by atoms with van der Waals surface area (Å²) in [6.45, 7) is 0. The maximum Gasteiger partial charge on any atom is 0.416 e. The number of carbonyl (C=O) groups excluding carboxylic acids is 1. The number of nitrogens with one attached hydrogen (secondary N) is 2. The summed E-state index contributed by atoms with van der Waals surface area (Å²) in [5.74, 6) is 0.384. The number of halogens is 3.